The van der Waals surface area contributed by atoms with E-state index in [1.165, 1.54) is 5.56 Å². The molecule has 1 amide bonds. The number of aliphatic carboxylic acids is 1. The van der Waals surface area contributed by atoms with Crippen molar-refractivity contribution in [3.8, 4) is 0 Å². The lowest BCUT2D eigenvalue weighted by Crippen LogP contribution is -2.14. The van der Waals surface area contributed by atoms with Crippen LogP contribution >= 0.6 is 11.8 Å². The van der Waals surface area contributed by atoms with E-state index in [2.05, 4.69) is 24.4 Å². The second kappa shape index (κ2) is 8.39. The fraction of sp³-hybridized carbons (Fsp3) is 0.222. The minimum Gasteiger partial charge on any atom is -0.481 e. The minimum atomic E-state index is -0.868. The van der Waals surface area contributed by atoms with E-state index in [1.807, 2.05) is 18.2 Å². The van der Waals surface area contributed by atoms with Crippen LogP contribution in [-0.2, 0) is 16.0 Å². The maximum Gasteiger partial charge on any atom is 0.307 e. The monoisotopic (exact) mass is 329 g/mol. The maximum absolute atomic E-state index is 12.0. The normalized spacial score (nSPS) is 11.7. The van der Waals surface area contributed by atoms with Crippen molar-refractivity contribution < 1.29 is 14.7 Å². The van der Waals surface area contributed by atoms with Crippen molar-refractivity contribution in [2.75, 3.05) is 11.1 Å². The van der Waals surface area contributed by atoms with Crippen LogP contribution in [0, 0.1) is 0 Å². The number of hydrogen-bond donors (Lipinski definition) is 2. The van der Waals surface area contributed by atoms with E-state index in [4.69, 9.17) is 5.11 Å². The van der Waals surface area contributed by atoms with Gasteiger partial charge in [-0.15, -0.1) is 11.8 Å². The van der Waals surface area contributed by atoms with Gasteiger partial charge >= 0.3 is 5.97 Å². The molecule has 0 aliphatic heterocycles. The average Bonchev–Trinajstić information content (AvgIpc) is 2.55. The summed E-state index contributed by atoms with van der Waals surface area (Å²) in [5, 5.41) is 11.8. The number of hydrogen-bond acceptors (Lipinski definition) is 3. The maximum atomic E-state index is 12.0. The number of benzene rings is 2. The molecule has 2 rings (SSSR count). The first-order chi connectivity index (χ1) is 11.0. The van der Waals surface area contributed by atoms with Crippen molar-refractivity contribution in [2.45, 2.75) is 18.6 Å². The Bertz CT molecular complexity index is 656. The van der Waals surface area contributed by atoms with Crippen molar-refractivity contribution in [1.82, 2.24) is 0 Å². The molecule has 0 aliphatic carbocycles. The fourth-order valence-electron chi connectivity index (χ4n) is 2.10. The molecular formula is C18H19NO3S. The van der Waals surface area contributed by atoms with Gasteiger partial charge < -0.3 is 10.4 Å². The predicted molar refractivity (Wildman–Crippen MR) is 93.7 cm³/mol. The highest BCUT2D eigenvalue weighted by molar-refractivity contribution is 8.00. The van der Waals surface area contributed by atoms with Crippen LogP contribution in [0.3, 0.4) is 0 Å². The lowest BCUT2D eigenvalue weighted by atomic mass is 10.1. The quantitative estimate of drug-likeness (QED) is 0.812. The molecule has 4 nitrogen and oxygen atoms in total. The van der Waals surface area contributed by atoms with E-state index in [0.717, 1.165) is 0 Å². The van der Waals surface area contributed by atoms with Gasteiger partial charge in [0, 0.05) is 10.9 Å². The summed E-state index contributed by atoms with van der Waals surface area (Å²) in [4.78, 5) is 22.6. The number of anilines is 1. The molecule has 0 saturated heterocycles. The fourth-order valence-corrected chi connectivity index (χ4v) is 2.92. The van der Waals surface area contributed by atoms with Crippen molar-refractivity contribution >= 4 is 29.3 Å². The van der Waals surface area contributed by atoms with Crippen LogP contribution < -0.4 is 5.32 Å². The van der Waals surface area contributed by atoms with Crippen LogP contribution in [0.15, 0.2) is 54.6 Å². The molecule has 0 aromatic heterocycles. The Hall–Kier alpha value is -2.27. The molecule has 2 aromatic rings. The number of rotatable bonds is 7. The van der Waals surface area contributed by atoms with Crippen molar-refractivity contribution in [3.05, 3.63) is 65.7 Å². The van der Waals surface area contributed by atoms with Gasteiger partial charge in [-0.05, 0) is 30.2 Å². The van der Waals surface area contributed by atoms with Gasteiger partial charge in [-0.25, -0.2) is 0 Å². The summed E-state index contributed by atoms with van der Waals surface area (Å²) in [5.74, 6) is -0.565. The van der Waals surface area contributed by atoms with Crippen LogP contribution in [0.5, 0.6) is 0 Å². The van der Waals surface area contributed by atoms with Gasteiger partial charge in [-0.2, -0.15) is 0 Å². The molecule has 23 heavy (non-hydrogen) atoms. The minimum absolute atomic E-state index is 0.0152. The summed E-state index contributed by atoms with van der Waals surface area (Å²) in [6.45, 7) is 2.08. The standard InChI is InChI=1S/C18H19NO3S/c1-13(15-5-3-2-4-6-15)23-12-17(20)19-16-9-7-14(8-10-16)11-18(21)22/h2-10,13H,11-12H2,1H3,(H,19,20)(H,21,22). The zero-order valence-corrected chi connectivity index (χ0v) is 13.7. The Morgan fingerprint density at radius 2 is 1.74 bits per heavy atom. The largest absolute Gasteiger partial charge is 0.481 e. The number of carboxylic acids is 1. The lowest BCUT2D eigenvalue weighted by Gasteiger charge is -2.11. The second-order valence-corrected chi connectivity index (χ2v) is 6.51. The molecule has 0 radical (unpaired) electrons. The SMILES string of the molecule is CC(SCC(=O)Nc1ccc(CC(=O)O)cc1)c1ccccc1. The van der Waals surface area contributed by atoms with Crippen LogP contribution in [0.25, 0.3) is 0 Å². The molecule has 0 fully saturated rings. The summed E-state index contributed by atoms with van der Waals surface area (Å²) >= 11 is 1.58. The molecule has 2 aromatic carbocycles. The molecule has 1 atom stereocenters. The number of thioether (sulfide) groups is 1. The van der Waals surface area contributed by atoms with Gasteiger partial charge in [0.2, 0.25) is 5.91 Å². The Balaban J connectivity index is 1.81. The molecular weight excluding hydrogens is 310 g/mol. The molecule has 2 N–H and O–H groups in total. The van der Waals surface area contributed by atoms with Gasteiger partial charge in [0.15, 0.2) is 0 Å². The molecule has 1 unspecified atom stereocenters. The highest BCUT2D eigenvalue weighted by Gasteiger charge is 2.09. The Labute approximate surface area is 139 Å². The number of carbonyl (C=O) groups is 2. The molecule has 0 aliphatic rings. The summed E-state index contributed by atoms with van der Waals surface area (Å²) in [7, 11) is 0. The van der Waals surface area contributed by atoms with E-state index in [1.54, 1.807) is 36.0 Å². The lowest BCUT2D eigenvalue weighted by molar-refractivity contribution is -0.136. The van der Waals surface area contributed by atoms with Gasteiger partial charge in [-0.3, -0.25) is 9.59 Å². The van der Waals surface area contributed by atoms with Crippen molar-refractivity contribution in [3.63, 3.8) is 0 Å². The Morgan fingerprint density at radius 3 is 2.35 bits per heavy atom. The van der Waals surface area contributed by atoms with Crippen molar-refractivity contribution in [2.24, 2.45) is 0 Å². The predicted octanol–water partition coefficient (Wildman–Crippen LogP) is 3.75. The summed E-state index contributed by atoms with van der Waals surface area (Å²) in [6, 6.07) is 16.9. The third-order valence-electron chi connectivity index (χ3n) is 3.33. The molecule has 0 saturated carbocycles. The summed E-state index contributed by atoms with van der Waals surface area (Å²) in [5.41, 5.74) is 2.59. The average molecular weight is 329 g/mol. The first-order valence-corrected chi connectivity index (χ1v) is 8.36. The third-order valence-corrected chi connectivity index (χ3v) is 4.53. The molecule has 0 bridgehead atoms. The van der Waals surface area contributed by atoms with E-state index in [0.29, 0.717) is 17.0 Å². The van der Waals surface area contributed by atoms with Crippen LogP contribution in [-0.4, -0.2) is 22.7 Å². The number of carboxylic acid groups (broad SMARTS) is 1. The number of nitrogens with one attached hydrogen (secondary N) is 1. The van der Waals surface area contributed by atoms with E-state index in [-0.39, 0.29) is 17.6 Å². The van der Waals surface area contributed by atoms with E-state index in [9.17, 15) is 9.59 Å². The first kappa shape index (κ1) is 17.1. The topological polar surface area (TPSA) is 66.4 Å². The first-order valence-electron chi connectivity index (χ1n) is 7.31. The van der Waals surface area contributed by atoms with Gasteiger partial charge in [0.25, 0.3) is 0 Å². The van der Waals surface area contributed by atoms with Gasteiger partial charge in [0.1, 0.15) is 0 Å². The zero-order valence-electron chi connectivity index (χ0n) is 12.9. The van der Waals surface area contributed by atoms with Crippen LogP contribution in [0.4, 0.5) is 5.69 Å². The molecule has 5 heteroatoms. The molecule has 120 valence electrons. The highest BCUT2D eigenvalue weighted by atomic mass is 32.2. The third kappa shape index (κ3) is 5.79. The Kier molecular flexibility index (Phi) is 6.23. The zero-order chi connectivity index (χ0) is 16.7. The Morgan fingerprint density at radius 1 is 1.09 bits per heavy atom. The summed E-state index contributed by atoms with van der Waals surface area (Å²) in [6.07, 6.45) is -0.0152. The smallest absolute Gasteiger partial charge is 0.307 e. The summed E-state index contributed by atoms with van der Waals surface area (Å²) < 4.78 is 0. The molecule has 0 spiro atoms. The highest BCUT2D eigenvalue weighted by Crippen LogP contribution is 2.27. The van der Waals surface area contributed by atoms with Gasteiger partial charge in [-0.1, -0.05) is 42.5 Å². The van der Waals surface area contributed by atoms with Crippen LogP contribution in [0.2, 0.25) is 0 Å². The number of amides is 1. The van der Waals surface area contributed by atoms with Crippen molar-refractivity contribution in [1.29, 1.82) is 0 Å². The number of carbonyl (C=O) groups excluding carboxylic acids is 1. The van der Waals surface area contributed by atoms with E-state index >= 15 is 0 Å². The van der Waals surface area contributed by atoms with Crippen LogP contribution in [0.1, 0.15) is 23.3 Å². The van der Waals surface area contributed by atoms with Gasteiger partial charge in [0.05, 0.1) is 12.2 Å². The second-order valence-electron chi connectivity index (χ2n) is 5.18. The van der Waals surface area contributed by atoms with E-state index < -0.39 is 5.97 Å². The molecule has 0 heterocycles.